The van der Waals surface area contributed by atoms with Gasteiger partial charge in [0.05, 0.1) is 11.9 Å². The number of aromatic nitrogens is 3. The molecule has 0 atom stereocenters. The quantitative estimate of drug-likeness (QED) is 0.400. The van der Waals surface area contributed by atoms with E-state index in [9.17, 15) is 0 Å². The van der Waals surface area contributed by atoms with E-state index in [0.717, 1.165) is 33.7 Å². The summed E-state index contributed by atoms with van der Waals surface area (Å²) in [5.74, 6) is 0. The van der Waals surface area contributed by atoms with Crippen LogP contribution in [-0.4, -0.2) is 19.6 Å². The number of pyridine rings is 2. The third-order valence-corrected chi connectivity index (χ3v) is 5.57. The normalized spacial score (nSPS) is 11.4. The van der Waals surface area contributed by atoms with E-state index in [0.29, 0.717) is 5.25 Å². The maximum atomic E-state index is 4.66. The fourth-order valence-corrected chi connectivity index (χ4v) is 4.08. The molecule has 4 heteroatoms. The van der Waals surface area contributed by atoms with Gasteiger partial charge in [-0.25, -0.2) is 4.98 Å². The van der Waals surface area contributed by atoms with Gasteiger partial charge >= 0.3 is 0 Å². The van der Waals surface area contributed by atoms with Gasteiger partial charge in [0.25, 0.3) is 0 Å². The first-order valence-electron chi connectivity index (χ1n) is 9.19. The molecule has 0 saturated carbocycles. The summed E-state index contributed by atoms with van der Waals surface area (Å²) in [4.78, 5) is 10.4. The average molecular weight is 374 g/mol. The molecule has 0 saturated heterocycles. The number of imidazole rings is 1. The molecule has 1 aromatic carbocycles. The predicted octanol–water partition coefficient (Wildman–Crippen LogP) is 6.18. The number of benzene rings is 1. The maximum Gasteiger partial charge on any atom is 0.140 e. The Morgan fingerprint density at radius 1 is 0.852 bits per heavy atom. The predicted molar refractivity (Wildman–Crippen MR) is 114 cm³/mol. The Labute approximate surface area is 164 Å². The van der Waals surface area contributed by atoms with Gasteiger partial charge in [-0.2, -0.15) is 0 Å². The van der Waals surface area contributed by atoms with Crippen LogP contribution < -0.4 is 0 Å². The van der Waals surface area contributed by atoms with E-state index < -0.39 is 0 Å². The van der Waals surface area contributed by atoms with Crippen LogP contribution in [-0.2, 0) is 0 Å². The first-order valence-corrected chi connectivity index (χ1v) is 10.1. The summed E-state index contributed by atoms with van der Waals surface area (Å²) in [6.07, 6.45) is 6.06. The van der Waals surface area contributed by atoms with Crippen molar-refractivity contribution in [1.29, 1.82) is 0 Å². The summed E-state index contributed by atoms with van der Waals surface area (Å²) in [5.41, 5.74) is 7.73. The molecule has 0 fully saturated rings. The van der Waals surface area contributed by atoms with Crippen molar-refractivity contribution in [2.75, 3.05) is 0 Å². The summed E-state index contributed by atoms with van der Waals surface area (Å²) in [7, 11) is 0. The lowest BCUT2D eigenvalue weighted by Gasteiger charge is -2.09. The highest BCUT2D eigenvalue weighted by molar-refractivity contribution is 7.99. The lowest BCUT2D eigenvalue weighted by molar-refractivity contribution is 1.11. The molecule has 0 aliphatic heterocycles. The Balaban J connectivity index is 1.79. The lowest BCUT2D eigenvalue weighted by Crippen LogP contribution is -1.94. The van der Waals surface area contributed by atoms with Crippen LogP contribution in [0.5, 0.6) is 0 Å². The van der Waals surface area contributed by atoms with E-state index in [4.69, 9.17) is 0 Å². The fraction of sp³-hybridized carbons (Fsp3) is 0.217. The van der Waals surface area contributed by atoms with E-state index >= 15 is 0 Å². The minimum absolute atomic E-state index is 0.583. The lowest BCUT2D eigenvalue weighted by atomic mass is 10.1. The second-order valence-electron chi connectivity index (χ2n) is 7.13. The summed E-state index contributed by atoms with van der Waals surface area (Å²) >= 11 is 1.88. The topological polar surface area (TPSA) is 30.2 Å². The Morgan fingerprint density at radius 3 is 2.26 bits per heavy atom. The molecule has 136 valence electrons. The fourth-order valence-electron chi connectivity index (χ4n) is 3.24. The van der Waals surface area contributed by atoms with Gasteiger partial charge in [0.1, 0.15) is 5.65 Å². The first kappa shape index (κ1) is 17.8. The van der Waals surface area contributed by atoms with Gasteiger partial charge in [0.15, 0.2) is 0 Å². The monoisotopic (exact) mass is 373 g/mol. The second kappa shape index (κ2) is 7.20. The van der Waals surface area contributed by atoms with E-state index in [-0.39, 0.29) is 0 Å². The highest BCUT2D eigenvalue weighted by atomic mass is 32.2. The molecule has 3 heterocycles. The zero-order valence-corrected chi connectivity index (χ0v) is 16.9. The number of nitrogens with zero attached hydrogens (tertiary/aromatic N) is 3. The molecule has 4 aromatic rings. The molecule has 0 bridgehead atoms. The molecule has 0 N–H and O–H groups in total. The van der Waals surface area contributed by atoms with Crippen LogP contribution in [0.4, 0.5) is 0 Å². The van der Waals surface area contributed by atoms with Crippen molar-refractivity contribution in [1.82, 2.24) is 14.4 Å². The zero-order valence-electron chi connectivity index (χ0n) is 16.1. The van der Waals surface area contributed by atoms with E-state index in [1.807, 2.05) is 31.1 Å². The van der Waals surface area contributed by atoms with E-state index in [1.54, 1.807) is 0 Å². The van der Waals surface area contributed by atoms with E-state index in [1.165, 1.54) is 10.5 Å². The molecule has 0 aliphatic carbocycles. The van der Waals surface area contributed by atoms with Crippen molar-refractivity contribution in [2.45, 2.75) is 37.8 Å². The van der Waals surface area contributed by atoms with Crippen molar-refractivity contribution < 1.29 is 0 Å². The largest absolute Gasteiger partial charge is 0.299 e. The first-order chi connectivity index (χ1) is 13.0. The third-order valence-electron chi connectivity index (χ3n) is 4.56. The molecule has 3 nitrogen and oxygen atoms in total. The van der Waals surface area contributed by atoms with Crippen LogP contribution in [0.25, 0.3) is 28.0 Å². The van der Waals surface area contributed by atoms with Crippen molar-refractivity contribution in [3.8, 4) is 22.4 Å². The Kier molecular flexibility index (Phi) is 4.75. The minimum atomic E-state index is 0.583. The number of hydrogen-bond acceptors (Lipinski definition) is 3. The number of hydrogen-bond donors (Lipinski definition) is 0. The van der Waals surface area contributed by atoms with Crippen LogP contribution in [0.3, 0.4) is 0 Å². The molecule has 0 amide bonds. The second-order valence-corrected chi connectivity index (χ2v) is 8.78. The van der Waals surface area contributed by atoms with Crippen LogP contribution in [0.1, 0.15) is 25.1 Å². The van der Waals surface area contributed by atoms with Gasteiger partial charge in [-0.05, 0) is 43.7 Å². The minimum Gasteiger partial charge on any atom is -0.299 e. The molecule has 0 spiro atoms. The van der Waals surface area contributed by atoms with Crippen molar-refractivity contribution in [3.05, 3.63) is 72.3 Å². The number of aryl methyl sites for hydroxylation is 2. The van der Waals surface area contributed by atoms with Crippen molar-refractivity contribution in [2.24, 2.45) is 0 Å². The zero-order chi connectivity index (χ0) is 19.0. The molecule has 4 rings (SSSR count). The average Bonchev–Trinajstić information content (AvgIpc) is 3.07. The maximum absolute atomic E-state index is 4.66. The summed E-state index contributed by atoms with van der Waals surface area (Å²) < 4.78 is 2.19. The molecular weight excluding hydrogens is 350 g/mol. The number of thioether (sulfide) groups is 1. The SMILES string of the molecule is Cc1ccc(-c2cc(C)c3ncc(-c4ccc(SC(C)C)cc4)n3c2)cn1. The number of fused-ring (bicyclic) bond motifs is 1. The van der Waals surface area contributed by atoms with E-state index in [2.05, 4.69) is 83.8 Å². The van der Waals surface area contributed by atoms with Crippen LogP contribution in [0.2, 0.25) is 0 Å². The Morgan fingerprint density at radius 2 is 1.59 bits per heavy atom. The standard InChI is InChI=1S/C23H23N3S/c1-15(2)27-21-9-7-18(8-10-21)22-13-25-23-16(3)11-20(14-26(22)23)19-6-5-17(4)24-12-19/h5-15H,1-4H3. The molecule has 0 radical (unpaired) electrons. The smallest absolute Gasteiger partial charge is 0.140 e. The highest BCUT2D eigenvalue weighted by Gasteiger charge is 2.11. The molecule has 3 aromatic heterocycles. The van der Waals surface area contributed by atoms with Crippen LogP contribution in [0.15, 0.2) is 66.0 Å². The molecule has 0 unspecified atom stereocenters. The number of rotatable bonds is 4. The van der Waals surface area contributed by atoms with Gasteiger partial charge < -0.3 is 0 Å². The van der Waals surface area contributed by atoms with Gasteiger partial charge in [-0.15, -0.1) is 11.8 Å². The summed E-state index contributed by atoms with van der Waals surface area (Å²) in [5, 5.41) is 0.583. The van der Waals surface area contributed by atoms with Crippen molar-refractivity contribution >= 4 is 17.4 Å². The Hall–Kier alpha value is -2.59. The summed E-state index contributed by atoms with van der Waals surface area (Å²) in [6, 6.07) is 15.1. The highest BCUT2D eigenvalue weighted by Crippen LogP contribution is 2.29. The molecular formula is C23H23N3S. The Bertz CT molecular complexity index is 1080. The van der Waals surface area contributed by atoms with Crippen LogP contribution >= 0.6 is 11.8 Å². The molecule has 0 aliphatic rings. The van der Waals surface area contributed by atoms with Gasteiger partial charge in [-0.1, -0.05) is 32.0 Å². The van der Waals surface area contributed by atoms with Crippen molar-refractivity contribution in [3.63, 3.8) is 0 Å². The summed E-state index contributed by atoms with van der Waals surface area (Å²) in [6.45, 7) is 8.55. The van der Waals surface area contributed by atoms with Gasteiger partial charge in [0, 0.05) is 44.9 Å². The van der Waals surface area contributed by atoms with Crippen LogP contribution in [0, 0.1) is 13.8 Å². The van der Waals surface area contributed by atoms with Gasteiger partial charge in [-0.3, -0.25) is 9.38 Å². The third kappa shape index (κ3) is 3.62. The van der Waals surface area contributed by atoms with Gasteiger partial charge in [0.2, 0.25) is 0 Å². The molecule has 27 heavy (non-hydrogen) atoms.